The van der Waals surface area contributed by atoms with Crippen LogP contribution in [0.5, 0.6) is 0 Å². The molecular formula is C22H21N3O3. The third-order valence-electron chi connectivity index (χ3n) is 4.43. The van der Waals surface area contributed by atoms with Gasteiger partial charge < -0.3 is 15.4 Å². The van der Waals surface area contributed by atoms with Gasteiger partial charge in [-0.25, -0.2) is 9.78 Å². The highest BCUT2D eigenvalue weighted by Gasteiger charge is 2.10. The molecule has 0 saturated carbocycles. The van der Waals surface area contributed by atoms with Crippen LogP contribution in [0.25, 0.3) is 0 Å². The van der Waals surface area contributed by atoms with Crippen LogP contribution in [0.15, 0.2) is 60.8 Å². The van der Waals surface area contributed by atoms with Crippen LogP contribution < -0.4 is 10.6 Å². The van der Waals surface area contributed by atoms with Crippen LogP contribution in [0.2, 0.25) is 0 Å². The van der Waals surface area contributed by atoms with Crippen molar-refractivity contribution in [3.8, 4) is 0 Å². The van der Waals surface area contributed by atoms with Crippen molar-refractivity contribution in [3.63, 3.8) is 0 Å². The van der Waals surface area contributed by atoms with Gasteiger partial charge >= 0.3 is 5.97 Å². The van der Waals surface area contributed by atoms with Crippen LogP contribution in [-0.2, 0) is 4.74 Å². The van der Waals surface area contributed by atoms with Gasteiger partial charge in [-0.05, 0) is 61.4 Å². The first-order chi connectivity index (χ1) is 13.5. The Morgan fingerprint density at radius 1 is 0.964 bits per heavy atom. The normalized spacial score (nSPS) is 10.2. The number of aryl methyl sites for hydroxylation is 1. The summed E-state index contributed by atoms with van der Waals surface area (Å²) in [6.45, 7) is 4.10. The molecule has 0 fully saturated rings. The first-order valence-corrected chi connectivity index (χ1v) is 8.77. The monoisotopic (exact) mass is 375 g/mol. The maximum Gasteiger partial charge on any atom is 0.337 e. The number of nitrogens with zero attached hydrogens (tertiary/aromatic N) is 1. The van der Waals surface area contributed by atoms with Crippen LogP contribution in [0.4, 0.5) is 17.2 Å². The standard InChI is InChI=1S/C22H21N3O3/c1-14-6-4-9-19(15(14)2)25-20-11-10-17(13-23-20)21(26)24-18-8-5-7-16(12-18)22(27)28-3/h4-13H,1-3H3,(H,23,25)(H,24,26). The van der Waals surface area contributed by atoms with Crippen LogP contribution in [0.3, 0.4) is 0 Å². The first-order valence-electron chi connectivity index (χ1n) is 8.77. The summed E-state index contributed by atoms with van der Waals surface area (Å²) in [6.07, 6.45) is 1.51. The number of nitrogens with one attached hydrogen (secondary N) is 2. The number of rotatable bonds is 5. The number of hydrogen-bond acceptors (Lipinski definition) is 5. The molecule has 0 bridgehead atoms. The molecule has 0 aliphatic carbocycles. The molecule has 1 heterocycles. The van der Waals surface area contributed by atoms with Crippen molar-refractivity contribution in [2.45, 2.75) is 13.8 Å². The molecular weight excluding hydrogens is 354 g/mol. The number of benzene rings is 2. The summed E-state index contributed by atoms with van der Waals surface area (Å²) in [6, 6.07) is 16.0. The van der Waals surface area contributed by atoms with Crippen molar-refractivity contribution >= 4 is 29.1 Å². The molecule has 2 N–H and O–H groups in total. The van der Waals surface area contributed by atoms with E-state index in [2.05, 4.69) is 33.3 Å². The average Bonchev–Trinajstić information content (AvgIpc) is 2.71. The molecule has 1 amide bonds. The summed E-state index contributed by atoms with van der Waals surface area (Å²) < 4.78 is 4.69. The zero-order chi connectivity index (χ0) is 20.1. The minimum absolute atomic E-state index is 0.312. The van der Waals surface area contributed by atoms with Crippen LogP contribution in [0.1, 0.15) is 31.8 Å². The van der Waals surface area contributed by atoms with Crippen LogP contribution in [0, 0.1) is 13.8 Å². The van der Waals surface area contributed by atoms with E-state index in [1.54, 1.807) is 36.4 Å². The lowest BCUT2D eigenvalue weighted by Gasteiger charge is -2.11. The zero-order valence-electron chi connectivity index (χ0n) is 15.9. The van der Waals surface area contributed by atoms with E-state index < -0.39 is 5.97 Å². The van der Waals surface area contributed by atoms with Gasteiger partial charge in [0.2, 0.25) is 0 Å². The van der Waals surface area contributed by atoms with E-state index in [1.807, 2.05) is 19.1 Å². The Bertz CT molecular complexity index is 1010. The molecule has 0 atom stereocenters. The summed E-state index contributed by atoms with van der Waals surface area (Å²) in [7, 11) is 1.31. The smallest absolute Gasteiger partial charge is 0.337 e. The van der Waals surface area contributed by atoms with E-state index >= 15 is 0 Å². The van der Waals surface area contributed by atoms with Crippen LogP contribution >= 0.6 is 0 Å². The van der Waals surface area contributed by atoms with E-state index in [0.29, 0.717) is 22.6 Å². The van der Waals surface area contributed by atoms with Gasteiger partial charge in [0, 0.05) is 17.6 Å². The molecule has 142 valence electrons. The molecule has 0 saturated heterocycles. The summed E-state index contributed by atoms with van der Waals surface area (Å²) in [4.78, 5) is 28.4. The fraction of sp³-hybridized carbons (Fsp3) is 0.136. The fourth-order valence-corrected chi connectivity index (χ4v) is 2.67. The predicted molar refractivity (Wildman–Crippen MR) is 109 cm³/mol. The third-order valence-corrected chi connectivity index (χ3v) is 4.43. The minimum Gasteiger partial charge on any atom is -0.465 e. The second-order valence-electron chi connectivity index (χ2n) is 6.33. The molecule has 6 heteroatoms. The maximum absolute atomic E-state index is 12.4. The Balaban J connectivity index is 1.70. The Kier molecular flexibility index (Phi) is 5.69. The van der Waals surface area contributed by atoms with Gasteiger partial charge in [0.25, 0.3) is 5.91 Å². The molecule has 3 rings (SSSR count). The molecule has 0 unspecified atom stereocenters. The number of pyridine rings is 1. The number of esters is 1. The molecule has 1 aromatic heterocycles. The zero-order valence-corrected chi connectivity index (χ0v) is 15.9. The molecule has 28 heavy (non-hydrogen) atoms. The lowest BCUT2D eigenvalue weighted by atomic mass is 10.1. The summed E-state index contributed by atoms with van der Waals surface area (Å²) in [5, 5.41) is 6.02. The van der Waals surface area contributed by atoms with E-state index in [9.17, 15) is 9.59 Å². The lowest BCUT2D eigenvalue weighted by Crippen LogP contribution is -2.13. The molecule has 0 aliphatic heterocycles. The first kappa shape index (κ1) is 19.1. The summed E-state index contributed by atoms with van der Waals surface area (Å²) >= 11 is 0. The van der Waals surface area contributed by atoms with E-state index in [4.69, 9.17) is 0 Å². The van der Waals surface area contributed by atoms with Gasteiger partial charge in [-0.1, -0.05) is 18.2 Å². The highest BCUT2D eigenvalue weighted by molar-refractivity contribution is 6.04. The topological polar surface area (TPSA) is 80.3 Å². The van der Waals surface area contributed by atoms with Gasteiger partial charge in [-0.2, -0.15) is 0 Å². The number of carbonyl (C=O) groups is 2. The number of anilines is 3. The van der Waals surface area contributed by atoms with Crippen molar-refractivity contribution < 1.29 is 14.3 Å². The van der Waals surface area contributed by atoms with Crippen molar-refractivity contribution in [1.29, 1.82) is 0 Å². The number of ether oxygens (including phenoxy) is 1. The van der Waals surface area contributed by atoms with Gasteiger partial charge in [0.05, 0.1) is 18.2 Å². The Labute approximate surface area is 163 Å². The van der Waals surface area contributed by atoms with E-state index in [0.717, 1.165) is 11.3 Å². The van der Waals surface area contributed by atoms with Crippen molar-refractivity contribution in [3.05, 3.63) is 83.0 Å². The predicted octanol–water partition coefficient (Wildman–Crippen LogP) is 4.48. The average molecular weight is 375 g/mol. The number of carbonyl (C=O) groups excluding carboxylic acids is 2. The highest BCUT2D eigenvalue weighted by Crippen LogP contribution is 2.22. The molecule has 2 aromatic carbocycles. The molecule has 0 aliphatic rings. The number of hydrogen-bond donors (Lipinski definition) is 2. The highest BCUT2D eigenvalue weighted by atomic mass is 16.5. The number of aromatic nitrogens is 1. The van der Waals surface area contributed by atoms with Crippen LogP contribution in [-0.4, -0.2) is 24.0 Å². The van der Waals surface area contributed by atoms with Crippen molar-refractivity contribution in [2.75, 3.05) is 17.7 Å². The lowest BCUT2D eigenvalue weighted by molar-refractivity contribution is 0.0600. The number of amides is 1. The molecule has 3 aromatic rings. The molecule has 6 nitrogen and oxygen atoms in total. The molecule has 0 radical (unpaired) electrons. The number of methoxy groups -OCH3 is 1. The van der Waals surface area contributed by atoms with Crippen molar-refractivity contribution in [1.82, 2.24) is 4.98 Å². The summed E-state index contributed by atoms with van der Waals surface area (Å²) in [5.74, 6) is -0.120. The third kappa shape index (κ3) is 4.35. The van der Waals surface area contributed by atoms with E-state index in [1.165, 1.54) is 18.9 Å². The maximum atomic E-state index is 12.4. The second kappa shape index (κ2) is 8.35. The SMILES string of the molecule is COC(=O)c1cccc(NC(=O)c2ccc(Nc3cccc(C)c3C)nc2)c1. The van der Waals surface area contributed by atoms with Gasteiger partial charge in [-0.15, -0.1) is 0 Å². The largest absolute Gasteiger partial charge is 0.465 e. The Morgan fingerprint density at radius 2 is 1.75 bits per heavy atom. The Hall–Kier alpha value is -3.67. The van der Waals surface area contributed by atoms with Gasteiger partial charge in [0.15, 0.2) is 0 Å². The summed E-state index contributed by atoms with van der Waals surface area (Å²) in [5.41, 5.74) is 4.60. The van der Waals surface area contributed by atoms with Crippen molar-refractivity contribution in [2.24, 2.45) is 0 Å². The van der Waals surface area contributed by atoms with Gasteiger partial charge in [0.1, 0.15) is 5.82 Å². The Morgan fingerprint density at radius 3 is 2.46 bits per heavy atom. The second-order valence-corrected chi connectivity index (χ2v) is 6.33. The van der Waals surface area contributed by atoms with E-state index in [-0.39, 0.29) is 5.91 Å². The fourth-order valence-electron chi connectivity index (χ4n) is 2.67. The molecule has 0 spiro atoms. The quantitative estimate of drug-likeness (QED) is 0.643. The van der Waals surface area contributed by atoms with Gasteiger partial charge in [-0.3, -0.25) is 4.79 Å². The minimum atomic E-state index is -0.459.